The van der Waals surface area contributed by atoms with E-state index < -0.39 is 0 Å². The maximum absolute atomic E-state index is 11.9. The number of piperidine rings is 1. The van der Waals surface area contributed by atoms with E-state index >= 15 is 0 Å². The van der Waals surface area contributed by atoms with Gasteiger partial charge in [0.05, 0.1) is 0 Å². The van der Waals surface area contributed by atoms with Gasteiger partial charge in [-0.2, -0.15) is 0 Å². The van der Waals surface area contributed by atoms with E-state index in [1.807, 2.05) is 4.90 Å². The Balaban J connectivity index is 1.66. The van der Waals surface area contributed by atoms with Crippen LogP contribution in [0, 0.1) is 5.92 Å². The van der Waals surface area contributed by atoms with Crippen molar-refractivity contribution in [2.24, 2.45) is 11.7 Å². The van der Waals surface area contributed by atoms with Crippen LogP contribution in [-0.2, 0) is 9.59 Å². The predicted molar refractivity (Wildman–Crippen MR) is 68.8 cm³/mol. The van der Waals surface area contributed by atoms with Crippen LogP contribution in [-0.4, -0.2) is 42.4 Å². The van der Waals surface area contributed by atoms with Gasteiger partial charge in [0.25, 0.3) is 0 Å². The smallest absolute Gasteiger partial charge is 0.225 e. The van der Waals surface area contributed by atoms with Gasteiger partial charge < -0.3 is 16.0 Å². The lowest BCUT2D eigenvalue weighted by Gasteiger charge is -2.32. The molecule has 1 aliphatic carbocycles. The zero-order chi connectivity index (χ0) is 13.0. The minimum atomic E-state index is 0.0902. The van der Waals surface area contributed by atoms with E-state index in [0.717, 1.165) is 45.2 Å². The summed E-state index contributed by atoms with van der Waals surface area (Å²) in [5.74, 6) is 0.719. The van der Waals surface area contributed by atoms with Crippen molar-refractivity contribution in [3.8, 4) is 0 Å². The van der Waals surface area contributed by atoms with Crippen LogP contribution in [0.3, 0.4) is 0 Å². The van der Waals surface area contributed by atoms with Gasteiger partial charge in [-0.15, -0.1) is 0 Å². The van der Waals surface area contributed by atoms with E-state index in [4.69, 9.17) is 5.73 Å². The monoisotopic (exact) mass is 253 g/mol. The van der Waals surface area contributed by atoms with Crippen molar-refractivity contribution in [2.45, 2.75) is 44.6 Å². The van der Waals surface area contributed by atoms with Crippen LogP contribution in [0.25, 0.3) is 0 Å². The minimum Gasteiger partial charge on any atom is -0.353 e. The molecular weight excluding hydrogens is 230 g/mol. The molecule has 0 radical (unpaired) electrons. The number of hydrogen-bond donors (Lipinski definition) is 2. The molecule has 0 unspecified atom stereocenters. The van der Waals surface area contributed by atoms with Crippen LogP contribution in [0.15, 0.2) is 0 Å². The number of rotatable bonds is 5. The highest BCUT2D eigenvalue weighted by Crippen LogP contribution is 2.31. The highest BCUT2D eigenvalue weighted by Gasteiger charge is 2.34. The van der Waals surface area contributed by atoms with E-state index in [0.29, 0.717) is 24.8 Å². The quantitative estimate of drug-likeness (QED) is 0.737. The molecule has 1 aliphatic heterocycles. The molecule has 1 saturated heterocycles. The third kappa shape index (κ3) is 3.70. The van der Waals surface area contributed by atoms with E-state index in [2.05, 4.69) is 5.32 Å². The number of carbonyl (C=O) groups excluding carboxylic acids is 2. The number of nitrogens with two attached hydrogens (primary N) is 1. The molecule has 2 amide bonds. The SMILES string of the molecule is NCCCC(=O)NC1CCN(C(=O)C2CC2)CC1. The Morgan fingerprint density at radius 3 is 2.39 bits per heavy atom. The molecule has 2 rings (SSSR count). The third-order valence-corrected chi connectivity index (χ3v) is 3.71. The van der Waals surface area contributed by atoms with E-state index in [1.54, 1.807) is 0 Å². The van der Waals surface area contributed by atoms with Gasteiger partial charge in [0.1, 0.15) is 0 Å². The zero-order valence-corrected chi connectivity index (χ0v) is 10.9. The molecule has 5 nitrogen and oxygen atoms in total. The fourth-order valence-corrected chi connectivity index (χ4v) is 2.40. The summed E-state index contributed by atoms with van der Waals surface area (Å²) in [4.78, 5) is 25.4. The Morgan fingerprint density at radius 2 is 1.83 bits per heavy atom. The predicted octanol–water partition coefficient (Wildman–Crippen LogP) is 0.243. The van der Waals surface area contributed by atoms with Gasteiger partial charge in [-0.1, -0.05) is 0 Å². The van der Waals surface area contributed by atoms with Crippen molar-refractivity contribution < 1.29 is 9.59 Å². The molecule has 1 saturated carbocycles. The second kappa shape index (κ2) is 6.18. The summed E-state index contributed by atoms with van der Waals surface area (Å²) in [6.45, 7) is 2.14. The van der Waals surface area contributed by atoms with Crippen LogP contribution in [0.2, 0.25) is 0 Å². The molecule has 0 spiro atoms. The summed E-state index contributed by atoms with van der Waals surface area (Å²) < 4.78 is 0. The summed E-state index contributed by atoms with van der Waals surface area (Å²) in [6, 6.07) is 0.235. The molecule has 2 aliphatic rings. The summed E-state index contributed by atoms with van der Waals surface area (Å²) in [6.07, 6.45) is 5.14. The molecule has 0 aromatic heterocycles. The maximum Gasteiger partial charge on any atom is 0.225 e. The molecule has 5 heteroatoms. The van der Waals surface area contributed by atoms with Crippen LogP contribution >= 0.6 is 0 Å². The second-order valence-corrected chi connectivity index (χ2v) is 5.33. The Bertz CT molecular complexity index is 307. The normalized spacial score (nSPS) is 20.8. The average molecular weight is 253 g/mol. The first-order valence-corrected chi connectivity index (χ1v) is 6.99. The molecule has 102 valence electrons. The summed E-state index contributed by atoms with van der Waals surface area (Å²) in [5.41, 5.74) is 5.37. The highest BCUT2D eigenvalue weighted by molar-refractivity contribution is 5.81. The number of nitrogens with zero attached hydrogens (tertiary/aromatic N) is 1. The molecule has 3 N–H and O–H groups in total. The first-order valence-electron chi connectivity index (χ1n) is 6.99. The first-order chi connectivity index (χ1) is 8.70. The van der Waals surface area contributed by atoms with Crippen molar-refractivity contribution >= 4 is 11.8 Å². The number of nitrogens with one attached hydrogen (secondary N) is 1. The summed E-state index contributed by atoms with van der Waals surface area (Å²) in [5, 5.41) is 3.03. The van der Waals surface area contributed by atoms with Crippen LogP contribution in [0.1, 0.15) is 38.5 Å². The lowest BCUT2D eigenvalue weighted by Crippen LogP contribution is -2.47. The van der Waals surface area contributed by atoms with Crippen molar-refractivity contribution in [3.63, 3.8) is 0 Å². The zero-order valence-electron chi connectivity index (χ0n) is 10.9. The van der Waals surface area contributed by atoms with E-state index in [-0.39, 0.29) is 11.9 Å². The van der Waals surface area contributed by atoms with Crippen molar-refractivity contribution in [1.29, 1.82) is 0 Å². The lowest BCUT2D eigenvalue weighted by molar-refractivity contribution is -0.133. The second-order valence-electron chi connectivity index (χ2n) is 5.33. The molecule has 0 bridgehead atoms. The van der Waals surface area contributed by atoms with E-state index in [9.17, 15) is 9.59 Å². The van der Waals surface area contributed by atoms with Gasteiger partial charge >= 0.3 is 0 Å². The lowest BCUT2D eigenvalue weighted by atomic mass is 10.0. The van der Waals surface area contributed by atoms with Gasteiger partial charge in [0, 0.05) is 31.5 Å². The standard InChI is InChI=1S/C13H23N3O2/c14-7-1-2-12(17)15-11-5-8-16(9-6-11)13(18)10-3-4-10/h10-11H,1-9,14H2,(H,15,17). The van der Waals surface area contributed by atoms with E-state index in [1.165, 1.54) is 0 Å². The molecule has 0 aromatic carbocycles. The van der Waals surface area contributed by atoms with Crippen molar-refractivity contribution in [3.05, 3.63) is 0 Å². The molecule has 18 heavy (non-hydrogen) atoms. The molecule has 2 fully saturated rings. The topological polar surface area (TPSA) is 75.4 Å². The fourth-order valence-electron chi connectivity index (χ4n) is 2.40. The highest BCUT2D eigenvalue weighted by atomic mass is 16.2. The number of likely N-dealkylation sites (tertiary alicyclic amines) is 1. The Morgan fingerprint density at radius 1 is 1.17 bits per heavy atom. The minimum absolute atomic E-state index is 0.0902. The van der Waals surface area contributed by atoms with Crippen molar-refractivity contribution in [2.75, 3.05) is 19.6 Å². The van der Waals surface area contributed by atoms with Crippen molar-refractivity contribution in [1.82, 2.24) is 10.2 Å². The van der Waals surface area contributed by atoms with Gasteiger partial charge in [-0.3, -0.25) is 9.59 Å². The molecular formula is C13H23N3O2. The molecule has 1 heterocycles. The number of amides is 2. The third-order valence-electron chi connectivity index (χ3n) is 3.71. The fraction of sp³-hybridized carbons (Fsp3) is 0.846. The van der Waals surface area contributed by atoms with Crippen LogP contribution in [0.5, 0.6) is 0 Å². The molecule has 0 atom stereocenters. The first kappa shape index (κ1) is 13.3. The summed E-state index contributed by atoms with van der Waals surface area (Å²) >= 11 is 0. The number of hydrogen-bond acceptors (Lipinski definition) is 3. The van der Waals surface area contributed by atoms with Crippen LogP contribution < -0.4 is 11.1 Å². The Kier molecular flexibility index (Phi) is 4.58. The van der Waals surface area contributed by atoms with Gasteiger partial charge in [0.2, 0.25) is 11.8 Å². The maximum atomic E-state index is 11.9. The van der Waals surface area contributed by atoms with Gasteiger partial charge in [-0.05, 0) is 38.6 Å². The molecule has 0 aromatic rings. The average Bonchev–Trinajstić information content (AvgIpc) is 3.21. The van der Waals surface area contributed by atoms with Gasteiger partial charge in [-0.25, -0.2) is 0 Å². The van der Waals surface area contributed by atoms with Gasteiger partial charge in [0.15, 0.2) is 0 Å². The number of carbonyl (C=O) groups is 2. The Labute approximate surface area is 108 Å². The van der Waals surface area contributed by atoms with Crippen LogP contribution in [0.4, 0.5) is 0 Å². The summed E-state index contributed by atoms with van der Waals surface area (Å²) in [7, 11) is 0. The largest absolute Gasteiger partial charge is 0.353 e. The Hall–Kier alpha value is -1.10.